The van der Waals surface area contributed by atoms with E-state index in [0.29, 0.717) is 6.04 Å². The summed E-state index contributed by atoms with van der Waals surface area (Å²) in [5.41, 5.74) is 5.13. The average Bonchev–Trinajstić information content (AvgIpc) is 3.67. The molecular weight excluding hydrogens is 514 g/mol. The van der Waals surface area contributed by atoms with Crippen molar-refractivity contribution in [1.29, 1.82) is 0 Å². The number of benzene rings is 1. The molecule has 1 aromatic heterocycles. The number of unbranched alkanes of at least 4 members (excludes halogenated alkanes) is 17. The summed E-state index contributed by atoms with van der Waals surface area (Å²) in [6, 6.07) is 4.85. The summed E-state index contributed by atoms with van der Waals surface area (Å²) in [5.74, 6) is 0.888. The van der Waals surface area contributed by atoms with Crippen LogP contribution in [0.1, 0.15) is 154 Å². The number of ether oxygens (including phenoxy) is 1. The van der Waals surface area contributed by atoms with E-state index in [1.54, 1.807) is 7.11 Å². The second-order valence-corrected chi connectivity index (χ2v) is 12.8. The summed E-state index contributed by atoms with van der Waals surface area (Å²) in [4.78, 5) is 3.41. The topological polar surface area (TPSA) is 49.1 Å². The molecule has 0 bridgehead atoms. The lowest BCUT2D eigenvalue weighted by atomic mass is 10.0. The van der Waals surface area contributed by atoms with Gasteiger partial charge in [0.2, 0.25) is 0 Å². The molecule has 0 radical (unpaired) electrons. The van der Waals surface area contributed by atoms with Crippen molar-refractivity contribution >= 4 is 22.2 Å². The molecule has 0 saturated heterocycles. The highest BCUT2D eigenvalue weighted by Crippen LogP contribution is 2.36. The molecule has 1 fully saturated rings. The van der Waals surface area contributed by atoms with Gasteiger partial charge in [-0.1, -0.05) is 142 Å². The Morgan fingerprint density at radius 3 is 1.83 bits per heavy atom. The van der Waals surface area contributed by atoms with Crippen molar-refractivity contribution in [1.82, 2.24) is 10.3 Å². The first-order valence-electron chi connectivity index (χ1n) is 17.7. The maximum Gasteiger partial charge on any atom is 0.144 e. The highest BCUT2D eigenvalue weighted by Gasteiger charge is 2.18. The predicted molar refractivity (Wildman–Crippen MR) is 186 cm³/mol. The Balaban J connectivity index is 1.22. The fraction of sp³-hybridized carbons (Fsp3) is 0.684. The number of aromatic nitrogens is 1. The fourth-order valence-corrected chi connectivity index (χ4v) is 6.51. The number of hydrogen-bond donors (Lipinski definition) is 3. The SMILES string of the molecule is C=C(NCCCCCCCCCCCCCCCCCCCC)C(=C)c1c[nH]c2cc(OC)c(NC3CCCC3)cc12. The zero-order valence-electron chi connectivity index (χ0n) is 27.4. The van der Waals surface area contributed by atoms with E-state index in [9.17, 15) is 0 Å². The average molecular weight is 578 g/mol. The van der Waals surface area contributed by atoms with Gasteiger partial charge in [0.1, 0.15) is 5.75 Å². The van der Waals surface area contributed by atoms with E-state index in [4.69, 9.17) is 4.74 Å². The second-order valence-electron chi connectivity index (χ2n) is 12.8. The van der Waals surface area contributed by atoms with E-state index in [1.807, 2.05) is 0 Å². The van der Waals surface area contributed by atoms with Gasteiger partial charge in [-0.3, -0.25) is 0 Å². The number of methoxy groups -OCH3 is 1. The Kier molecular flexibility index (Phi) is 16.7. The van der Waals surface area contributed by atoms with Crippen LogP contribution in [0.3, 0.4) is 0 Å². The van der Waals surface area contributed by atoms with Crippen LogP contribution in [0.15, 0.2) is 37.2 Å². The number of rotatable bonds is 25. The van der Waals surface area contributed by atoms with Crippen molar-refractivity contribution in [3.05, 3.63) is 42.7 Å². The highest BCUT2D eigenvalue weighted by molar-refractivity contribution is 5.98. The Labute approximate surface area is 258 Å². The molecule has 0 atom stereocenters. The Bertz CT molecular complexity index is 1030. The smallest absolute Gasteiger partial charge is 0.144 e. The minimum absolute atomic E-state index is 0.535. The summed E-state index contributed by atoms with van der Waals surface area (Å²) in [6.45, 7) is 12.0. The quantitative estimate of drug-likeness (QED) is 0.0812. The highest BCUT2D eigenvalue weighted by atomic mass is 16.5. The molecule has 4 nitrogen and oxygen atoms in total. The van der Waals surface area contributed by atoms with Crippen LogP contribution in [0.25, 0.3) is 16.5 Å². The normalized spacial score (nSPS) is 13.6. The van der Waals surface area contributed by atoms with Gasteiger partial charge in [-0.05, 0) is 30.9 Å². The summed E-state index contributed by atoms with van der Waals surface area (Å²) >= 11 is 0. The molecule has 3 N–H and O–H groups in total. The van der Waals surface area contributed by atoms with E-state index in [-0.39, 0.29) is 0 Å². The second kappa shape index (κ2) is 20.5. The van der Waals surface area contributed by atoms with Crippen LogP contribution in [-0.4, -0.2) is 24.7 Å². The summed E-state index contributed by atoms with van der Waals surface area (Å²) < 4.78 is 5.69. The van der Waals surface area contributed by atoms with Gasteiger partial charge in [-0.25, -0.2) is 0 Å². The number of aromatic amines is 1. The lowest BCUT2D eigenvalue weighted by Crippen LogP contribution is -2.15. The van der Waals surface area contributed by atoms with Gasteiger partial charge in [0, 0.05) is 47.0 Å². The number of anilines is 1. The fourth-order valence-electron chi connectivity index (χ4n) is 6.51. The molecule has 4 heteroatoms. The van der Waals surface area contributed by atoms with Crippen molar-refractivity contribution in [2.45, 2.75) is 154 Å². The van der Waals surface area contributed by atoms with Crippen LogP contribution < -0.4 is 15.4 Å². The molecule has 3 rings (SSSR count). The molecule has 0 unspecified atom stereocenters. The third-order valence-electron chi connectivity index (χ3n) is 9.27. The Hall–Kier alpha value is -2.36. The van der Waals surface area contributed by atoms with Gasteiger partial charge in [-0.15, -0.1) is 0 Å². The van der Waals surface area contributed by atoms with Crippen molar-refractivity contribution in [2.75, 3.05) is 19.0 Å². The molecule has 42 heavy (non-hydrogen) atoms. The van der Waals surface area contributed by atoms with Crippen LogP contribution in [-0.2, 0) is 0 Å². The molecule has 1 saturated carbocycles. The molecule has 236 valence electrons. The van der Waals surface area contributed by atoms with Crippen LogP contribution in [0, 0.1) is 0 Å². The van der Waals surface area contributed by atoms with E-state index < -0.39 is 0 Å². The van der Waals surface area contributed by atoms with Crippen molar-refractivity contribution in [3.63, 3.8) is 0 Å². The van der Waals surface area contributed by atoms with Gasteiger partial charge in [-0.2, -0.15) is 0 Å². The zero-order valence-corrected chi connectivity index (χ0v) is 27.4. The molecule has 2 aromatic rings. The first-order valence-corrected chi connectivity index (χ1v) is 17.7. The minimum atomic E-state index is 0.535. The van der Waals surface area contributed by atoms with Crippen LogP contribution >= 0.6 is 0 Å². The van der Waals surface area contributed by atoms with Crippen LogP contribution in [0.5, 0.6) is 5.75 Å². The van der Waals surface area contributed by atoms with E-state index >= 15 is 0 Å². The molecule has 1 heterocycles. The van der Waals surface area contributed by atoms with Crippen LogP contribution in [0.4, 0.5) is 5.69 Å². The predicted octanol–water partition coefficient (Wildman–Crippen LogP) is 11.7. The van der Waals surface area contributed by atoms with Gasteiger partial charge < -0.3 is 20.4 Å². The lowest BCUT2D eigenvalue weighted by molar-refractivity contribution is 0.416. The minimum Gasteiger partial charge on any atom is -0.495 e. The molecule has 0 aliphatic heterocycles. The maximum atomic E-state index is 5.69. The zero-order chi connectivity index (χ0) is 29.8. The van der Waals surface area contributed by atoms with Crippen LogP contribution in [0.2, 0.25) is 0 Å². The number of allylic oxidation sites excluding steroid dienone is 1. The lowest BCUT2D eigenvalue weighted by Gasteiger charge is -2.17. The Morgan fingerprint density at radius 2 is 1.31 bits per heavy atom. The Morgan fingerprint density at radius 1 is 0.786 bits per heavy atom. The molecule has 0 spiro atoms. The van der Waals surface area contributed by atoms with Crippen molar-refractivity contribution in [2.24, 2.45) is 0 Å². The third kappa shape index (κ3) is 12.1. The molecular formula is C38H63N3O. The van der Waals surface area contributed by atoms with Crippen molar-refractivity contribution < 1.29 is 4.74 Å². The maximum absolute atomic E-state index is 5.69. The van der Waals surface area contributed by atoms with Gasteiger partial charge in [0.25, 0.3) is 0 Å². The molecule has 1 aliphatic rings. The third-order valence-corrected chi connectivity index (χ3v) is 9.27. The number of nitrogens with one attached hydrogen (secondary N) is 3. The van der Waals surface area contributed by atoms with Gasteiger partial charge in [0.05, 0.1) is 12.8 Å². The molecule has 1 aromatic carbocycles. The van der Waals surface area contributed by atoms with Gasteiger partial charge >= 0.3 is 0 Å². The summed E-state index contributed by atoms with van der Waals surface area (Å²) in [7, 11) is 1.75. The van der Waals surface area contributed by atoms with Gasteiger partial charge in [0.15, 0.2) is 0 Å². The molecule has 0 amide bonds. The van der Waals surface area contributed by atoms with Crippen molar-refractivity contribution in [3.8, 4) is 5.75 Å². The molecule has 1 aliphatic carbocycles. The largest absolute Gasteiger partial charge is 0.495 e. The number of H-pyrrole nitrogens is 1. The monoisotopic (exact) mass is 577 g/mol. The first kappa shape index (κ1) is 34.1. The standard InChI is InChI=1S/C38H63N3O/c1-5-6-7-8-9-10-11-12-13-14-15-16-17-18-19-20-21-24-27-39-32(3)31(2)35-30-40-36-29-38(42-4)37(28-34(35)36)41-33-25-22-23-26-33/h28-30,33,39-41H,2-3,5-27H2,1,4H3. The number of hydrogen-bond acceptors (Lipinski definition) is 3. The number of fused-ring (bicyclic) bond motifs is 1. The summed E-state index contributed by atoms with van der Waals surface area (Å²) in [6.07, 6.45) is 32.4. The first-order chi connectivity index (χ1) is 20.6. The van der Waals surface area contributed by atoms with E-state index in [2.05, 4.69) is 54.0 Å². The van der Waals surface area contributed by atoms with E-state index in [1.165, 1.54) is 141 Å². The summed E-state index contributed by atoms with van der Waals surface area (Å²) in [5, 5.41) is 8.42. The van der Waals surface area contributed by atoms with E-state index in [0.717, 1.165) is 45.7 Å².